The number of halogens is 4. The van der Waals surface area contributed by atoms with Gasteiger partial charge < -0.3 is 0 Å². The van der Waals surface area contributed by atoms with E-state index in [0.717, 1.165) is 6.07 Å². The minimum atomic E-state index is -2.77. The smallest absolute Gasteiger partial charge is 0.265 e. The molecule has 0 unspecified atom stereocenters. The Balaban J connectivity index is 3.35. The van der Waals surface area contributed by atoms with E-state index in [-0.39, 0.29) is 22.2 Å². The van der Waals surface area contributed by atoms with E-state index in [9.17, 15) is 13.6 Å². The average molecular weight is 226 g/mol. The SMILES string of the molecule is O=Cc1nc(Cl)cc(C(F)F)c1Cl. The summed E-state index contributed by atoms with van der Waals surface area (Å²) in [6.07, 6.45) is -2.49. The number of hydrogen-bond acceptors (Lipinski definition) is 2. The summed E-state index contributed by atoms with van der Waals surface area (Å²) >= 11 is 10.8. The molecule has 0 spiro atoms. The van der Waals surface area contributed by atoms with Crippen LogP contribution in [-0.2, 0) is 0 Å². The lowest BCUT2D eigenvalue weighted by atomic mass is 10.2. The van der Waals surface area contributed by atoms with Gasteiger partial charge in [-0.05, 0) is 6.07 Å². The van der Waals surface area contributed by atoms with Crippen molar-refractivity contribution in [1.29, 1.82) is 0 Å². The summed E-state index contributed by atoms with van der Waals surface area (Å²) in [4.78, 5) is 13.8. The van der Waals surface area contributed by atoms with Gasteiger partial charge in [0.05, 0.1) is 5.02 Å². The summed E-state index contributed by atoms with van der Waals surface area (Å²) in [5, 5.41) is -0.531. The zero-order valence-corrected chi connectivity index (χ0v) is 7.61. The van der Waals surface area contributed by atoms with Crippen LogP contribution in [0.15, 0.2) is 6.07 Å². The molecule has 0 atom stereocenters. The molecule has 0 amide bonds. The van der Waals surface area contributed by atoms with E-state index < -0.39 is 12.0 Å². The third-order valence-electron chi connectivity index (χ3n) is 1.33. The molecule has 0 aliphatic carbocycles. The fourth-order valence-corrected chi connectivity index (χ4v) is 1.21. The van der Waals surface area contributed by atoms with Gasteiger partial charge in [-0.1, -0.05) is 23.2 Å². The summed E-state index contributed by atoms with van der Waals surface area (Å²) in [6.45, 7) is 0. The maximum Gasteiger partial charge on any atom is 0.265 e. The second-order valence-electron chi connectivity index (χ2n) is 2.15. The van der Waals surface area contributed by atoms with Crippen LogP contribution >= 0.6 is 23.2 Å². The lowest BCUT2D eigenvalue weighted by Crippen LogP contribution is -1.95. The summed E-state index contributed by atoms with van der Waals surface area (Å²) in [5.41, 5.74) is -0.756. The molecule has 0 fully saturated rings. The van der Waals surface area contributed by atoms with Crippen molar-refractivity contribution >= 4 is 29.5 Å². The van der Waals surface area contributed by atoms with E-state index in [2.05, 4.69) is 4.98 Å². The largest absolute Gasteiger partial charge is 0.296 e. The summed E-state index contributed by atoms with van der Waals surface area (Å²) in [7, 11) is 0. The maximum absolute atomic E-state index is 12.2. The van der Waals surface area contributed by atoms with Gasteiger partial charge in [0.1, 0.15) is 10.8 Å². The van der Waals surface area contributed by atoms with Crippen molar-refractivity contribution in [3.63, 3.8) is 0 Å². The Kier molecular flexibility index (Phi) is 3.17. The van der Waals surface area contributed by atoms with E-state index in [1.165, 1.54) is 0 Å². The highest BCUT2D eigenvalue weighted by molar-refractivity contribution is 6.34. The molecule has 0 saturated heterocycles. The monoisotopic (exact) mass is 225 g/mol. The zero-order chi connectivity index (χ0) is 10.0. The van der Waals surface area contributed by atoms with Crippen LogP contribution in [-0.4, -0.2) is 11.3 Å². The lowest BCUT2D eigenvalue weighted by Gasteiger charge is -2.04. The summed E-state index contributed by atoms with van der Waals surface area (Å²) < 4.78 is 24.5. The minimum Gasteiger partial charge on any atom is -0.296 e. The quantitative estimate of drug-likeness (QED) is 0.572. The van der Waals surface area contributed by atoms with Crippen LogP contribution in [0, 0.1) is 0 Å². The third kappa shape index (κ3) is 2.14. The molecule has 0 radical (unpaired) electrons. The van der Waals surface area contributed by atoms with E-state index in [4.69, 9.17) is 23.2 Å². The number of rotatable bonds is 2. The highest BCUT2D eigenvalue weighted by atomic mass is 35.5. The molecular weight excluding hydrogens is 223 g/mol. The van der Waals surface area contributed by atoms with Crippen molar-refractivity contribution < 1.29 is 13.6 Å². The Morgan fingerprint density at radius 3 is 2.54 bits per heavy atom. The molecule has 1 rings (SSSR count). The van der Waals surface area contributed by atoms with E-state index in [1.54, 1.807) is 0 Å². The van der Waals surface area contributed by atoms with Crippen LogP contribution in [0.25, 0.3) is 0 Å². The van der Waals surface area contributed by atoms with Gasteiger partial charge in [0.2, 0.25) is 0 Å². The van der Waals surface area contributed by atoms with Crippen molar-refractivity contribution in [1.82, 2.24) is 4.98 Å². The maximum atomic E-state index is 12.2. The molecule has 2 nitrogen and oxygen atoms in total. The topological polar surface area (TPSA) is 30.0 Å². The van der Waals surface area contributed by atoms with Gasteiger partial charge >= 0.3 is 0 Å². The van der Waals surface area contributed by atoms with Gasteiger partial charge in [-0.15, -0.1) is 0 Å². The third-order valence-corrected chi connectivity index (χ3v) is 1.93. The van der Waals surface area contributed by atoms with Crippen molar-refractivity contribution in [2.24, 2.45) is 0 Å². The van der Waals surface area contributed by atoms with Crippen molar-refractivity contribution in [3.05, 3.63) is 27.5 Å². The van der Waals surface area contributed by atoms with Gasteiger partial charge in [0.15, 0.2) is 6.29 Å². The predicted molar refractivity (Wildman–Crippen MR) is 44.6 cm³/mol. The first-order valence-electron chi connectivity index (χ1n) is 3.15. The Bertz CT molecular complexity index is 344. The zero-order valence-electron chi connectivity index (χ0n) is 6.10. The fraction of sp³-hybridized carbons (Fsp3) is 0.143. The van der Waals surface area contributed by atoms with Gasteiger partial charge in [-0.3, -0.25) is 4.79 Å². The second-order valence-corrected chi connectivity index (χ2v) is 2.92. The Morgan fingerprint density at radius 2 is 2.08 bits per heavy atom. The summed E-state index contributed by atoms with van der Waals surface area (Å²) in [5.74, 6) is 0. The fourth-order valence-electron chi connectivity index (χ4n) is 0.773. The highest BCUT2D eigenvalue weighted by Gasteiger charge is 2.16. The molecule has 13 heavy (non-hydrogen) atoms. The summed E-state index contributed by atoms with van der Waals surface area (Å²) in [6, 6.07) is 0.932. The van der Waals surface area contributed by atoms with E-state index in [1.807, 2.05) is 0 Å². The van der Waals surface area contributed by atoms with E-state index in [0.29, 0.717) is 0 Å². The number of pyridine rings is 1. The Labute approximate surface area is 82.5 Å². The molecule has 0 aliphatic rings. The average Bonchev–Trinajstić information content (AvgIpc) is 2.08. The lowest BCUT2D eigenvalue weighted by molar-refractivity contribution is 0.111. The number of aromatic nitrogens is 1. The van der Waals surface area contributed by atoms with Crippen LogP contribution in [0.4, 0.5) is 8.78 Å². The number of nitrogens with zero attached hydrogens (tertiary/aromatic N) is 1. The number of carbonyl (C=O) groups is 1. The van der Waals surface area contributed by atoms with Crippen LogP contribution in [0.5, 0.6) is 0 Å². The number of carbonyl (C=O) groups excluding carboxylic acids is 1. The standard InChI is InChI=1S/C7H3Cl2F2NO/c8-5-1-3(7(10)11)6(9)4(2-13)12-5/h1-2,7H. The number of aldehydes is 1. The first-order chi connectivity index (χ1) is 6.06. The Morgan fingerprint density at radius 1 is 1.46 bits per heavy atom. The Hall–Kier alpha value is -0.740. The molecular formula is C7H3Cl2F2NO. The van der Waals surface area contributed by atoms with Crippen molar-refractivity contribution in [2.45, 2.75) is 6.43 Å². The van der Waals surface area contributed by atoms with Crippen LogP contribution in [0.3, 0.4) is 0 Å². The molecule has 70 valence electrons. The first-order valence-corrected chi connectivity index (χ1v) is 3.91. The van der Waals surface area contributed by atoms with Gasteiger partial charge in [0.25, 0.3) is 6.43 Å². The molecule has 0 aliphatic heterocycles. The molecule has 1 heterocycles. The molecule has 0 bridgehead atoms. The van der Waals surface area contributed by atoms with Gasteiger partial charge in [-0.25, -0.2) is 13.8 Å². The molecule has 0 saturated carbocycles. The molecule has 1 aromatic rings. The number of hydrogen-bond donors (Lipinski definition) is 0. The van der Waals surface area contributed by atoms with Crippen LogP contribution in [0.1, 0.15) is 22.5 Å². The van der Waals surface area contributed by atoms with Crippen LogP contribution in [0.2, 0.25) is 10.2 Å². The first kappa shape index (κ1) is 10.3. The number of alkyl halides is 2. The van der Waals surface area contributed by atoms with Crippen LogP contribution < -0.4 is 0 Å². The van der Waals surface area contributed by atoms with Gasteiger partial charge in [-0.2, -0.15) is 0 Å². The van der Waals surface area contributed by atoms with Crippen molar-refractivity contribution in [2.75, 3.05) is 0 Å². The van der Waals surface area contributed by atoms with Crippen molar-refractivity contribution in [3.8, 4) is 0 Å². The normalized spacial score (nSPS) is 10.5. The highest BCUT2D eigenvalue weighted by Crippen LogP contribution is 2.30. The second kappa shape index (κ2) is 3.98. The van der Waals surface area contributed by atoms with E-state index >= 15 is 0 Å². The van der Waals surface area contributed by atoms with Gasteiger partial charge in [0, 0.05) is 5.56 Å². The molecule has 1 aromatic heterocycles. The molecule has 0 N–H and O–H groups in total. The predicted octanol–water partition coefficient (Wildman–Crippen LogP) is 3.14. The molecule has 0 aromatic carbocycles. The molecule has 6 heteroatoms. The minimum absolute atomic E-state index is 0.179.